The molecule has 1 aromatic rings. The van der Waals surface area contributed by atoms with Gasteiger partial charge in [0, 0.05) is 5.56 Å². The highest BCUT2D eigenvalue weighted by Crippen LogP contribution is 2.27. The van der Waals surface area contributed by atoms with E-state index < -0.39 is 5.97 Å². The number of rotatable bonds is 3. The predicted molar refractivity (Wildman–Crippen MR) is 58.1 cm³/mol. The molecule has 0 aliphatic carbocycles. The molecule has 0 aromatic heterocycles. The van der Waals surface area contributed by atoms with Gasteiger partial charge in [0.15, 0.2) is 0 Å². The van der Waals surface area contributed by atoms with Crippen molar-refractivity contribution >= 4 is 5.97 Å². The Hall–Kier alpha value is -1.77. The third-order valence-electron chi connectivity index (χ3n) is 2.27. The summed E-state index contributed by atoms with van der Waals surface area (Å²) in [6.45, 7) is 5.48. The van der Waals surface area contributed by atoms with Gasteiger partial charge in [0.25, 0.3) is 0 Å². The molecular formula is C12H14O3. The summed E-state index contributed by atoms with van der Waals surface area (Å²) in [4.78, 5) is 11.3. The van der Waals surface area contributed by atoms with Gasteiger partial charge in [0.1, 0.15) is 11.3 Å². The standard InChI is InChI=1S/C12H14O3/c1-4-5-9-8(2)6-7-10(11(9)13)12(14)15-3/h4,6-7,13H,1,5H2,2-3H3. The Bertz CT molecular complexity index is 394. The number of carbonyl (C=O) groups is 1. The van der Waals surface area contributed by atoms with Crippen molar-refractivity contribution in [3.05, 3.63) is 41.5 Å². The summed E-state index contributed by atoms with van der Waals surface area (Å²) < 4.78 is 4.57. The Kier molecular flexibility index (Phi) is 3.50. The van der Waals surface area contributed by atoms with Gasteiger partial charge in [-0.2, -0.15) is 0 Å². The van der Waals surface area contributed by atoms with Gasteiger partial charge in [0.05, 0.1) is 7.11 Å². The summed E-state index contributed by atoms with van der Waals surface area (Å²) in [5.41, 5.74) is 1.84. The maximum atomic E-state index is 11.3. The molecule has 0 atom stereocenters. The first-order valence-electron chi connectivity index (χ1n) is 4.62. The average molecular weight is 206 g/mol. The molecule has 0 spiro atoms. The smallest absolute Gasteiger partial charge is 0.341 e. The molecule has 0 aliphatic rings. The molecule has 0 unspecified atom stereocenters. The highest BCUT2D eigenvalue weighted by molar-refractivity contribution is 5.93. The van der Waals surface area contributed by atoms with Crippen LogP contribution in [0.2, 0.25) is 0 Å². The van der Waals surface area contributed by atoms with E-state index in [4.69, 9.17) is 0 Å². The van der Waals surface area contributed by atoms with Crippen molar-refractivity contribution in [2.45, 2.75) is 13.3 Å². The average Bonchev–Trinajstić information content (AvgIpc) is 2.23. The number of phenols is 1. The van der Waals surface area contributed by atoms with Gasteiger partial charge in [-0.3, -0.25) is 0 Å². The molecule has 0 aliphatic heterocycles. The second-order valence-corrected chi connectivity index (χ2v) is 3.24. The lowest BCUT2D eigenvalue weighted by Crippen LogP contribution is -2.03. The second kappa shape index (κ2) is 4.64. The lowest BCUT2D eigenvalue weighted by Gasteiger charge is -2.09. The lowest BCUT2D eigenvalue weighted by atomic mass is 10.0. The molecule has 0 fully saturated rings. The van der Waals surface area contributed by atoms with Crippen LogP contribution in [-0.2, 0) is 11.2 Å². The first-order valence-corrected chi connectivity index (χ1v) is 4.62. The summed E-state index contributed by atoms with van der Waals surface area (Å²) in [5, 5.41) is 9.85. The van der Waals surface area contributed by atoms with E-state index in [2.05, 4.69) is 11.3 Å². The fourth-order valence-electron chi connectivity index (χ4n) is 1.41. The molecule has 0 amide bonds. The fraction of sp³-hybridized carbons (Fsp3) is 0.250. The van der Waals surface area contributed by atoms with Crippen molar-refractivity contribution in [1.82, 2.24) is 0 Å². The number of hydrogen-bond acceptors (Lipinski definition) is 3. The van der Waals surface area contributed by atoms with Crippen molar-refractivity contribution in [2.75, 3.05) is 7.11 Å². The van der Waals surface area contributed by atoms with Crippen molar-refractivity contribution < 1.29 is 14.6 Å². The molecule has 0 saturated heterocycles. The van der Waals surface area contributed by atoms with E-state index >= 15 is 0 Å². The van der Waals surface area contributed by atoms with E-state index in [-0.39, 0.29) is 11.3 Å². The van der Waals surface area contributed by atoms with E-state index in [1.54, 1.807) is 18.2 Å². The highest BCUT2D eigenvalue weighted by atomic mass is 16.5. The van der Waals surface area contributed by atoms with Gasteiger partial charge in [-0.25, -0.2) is 4.79 Å². The van der Waals surface area contributed by atoms with E-state index in [9.17, 15) is 9.90 Å². The van der Waals surface area contributed by atoms with E-state index in [0.717, 1.165) is 5.56 Å². The Morgan fingerprint density at radius 2 is 2.27 bits per heavy atom. The van der Waals surface area contributed by atoms with Crippen LogP contribution in [0.3, 0.4) is 0 Å². The summed E-state index contributed by atoms with van der Waals surface area (Å²) in [6, 6.07) is 3.34. The number of esters is 1. The number of carbonyl (C=O) groups excluding carboxylic acids is 1. The van der Waals surface area contributed by atoms with Gasteiger partial charge in [-0.05, 0) is 25.0 Å². The number of ether oxygens (including phenoxy) is 1. The first kappa shape index (κ1) is 11.3. The number of hydrogen-bond donors (Lipinski definition) is 1. The molecule has 3 heteroatoms. The maximum absolute atomic E-state index is 11.3. The number of methoxy groups -OCH3 is 1. The zero-order valence-electron chi connectivity index (χ0n) is 8.91. The molecule has 15 heavy (non-hydrogen) atoms. The fourth-order valence-corrected chi connectivity index (χ4v) is 1.41. The second-order valence-electron chi connectivity index (χ2n) is 3.24. The Morgan fingerprint density at radius 1 is 1.60 bits per heavy atom. The molecule has 0 saturated carbocycles. The first-order chi connectivity index (χ1) is 7.11. The van der Waals surface area contributed by atoms with Crippen LogP contribution < -0.4 is 0 Å². The number of allylic oxidation sites excluding steroid dienone is 1. The zero-order valence-corrected chi connectivity index (χ0v) is 8.91. The number of phenolic OH excluding ortho intramolecular Hbond substituents is 1. The molecule has 0 bridgehead atoms. The van der Waals surface area contributed by atoms with Crippen LogP contribution >= 0.6 is 0 Å². The minimum absolute atomic E-state index is 0.0123. The lowest BCUT2D eigenvalue weighted by molar-refractivity contribution is 0.0597. The van der Waals surface area contributed by atoms with Gasteiger partial charge < -0.3 is 9.84 Å². The summed E-state index contributed by atoms with van der Waals surface area (Å²) in [6.07, 6.45) is 2.21. The minimum atomic E-state index is -0.530. The molecule has 1 rings (SSSR count). The third kappa shape index (κ3) is 2.18. The third-order valence-corrected chi connectivity index (χ3v) is 2.27. The van der Waals surface area contributed by atoms with Crippen molar-refractivity contribution in [1.29, 1.82) is 0 Å². The van der Waals surface area contributed by atoms with Crippen molar-refractivity contribution in [2.24, 2.45) is 0 Å². The molecule has 80 valence electrons. The van der Waals surface area contributed by atoms with Crippen LogP contribution in [0.15, 0.2) is 24.8 Å². The molecule has 0 radical (unpaired) electrons. The summed E-state index contributed by atoms with van der Waals surface area (Å²) in [5.74, 6) is -0.542. The van der Waals surface area contributed by atoms with Gasteiger partial charge in [0.2, 0.25) is 0 Å². The summed E-state index contributed by atoms with van der Waals surface area (Å²) in [7, 11) is 1.29. The minimum Gasteiger partial charge on any atom is -0.507 e. The quantitative estimate of drug-likeness (QED) is 0.609. The van der Waals surface area contributed by atoms with Crippen molar-refractivity contribution in [3.8, 4) is 5.75 Å². The number of aromatic hydroxyl groups is 1. The number of benzene rings is 1. The van der Waals surface area contributed by atoms with Crippen molar-refractivity contribution in [3.63, 3.8) is 0 Å². The van der Waals surface area contributed by atoms with E-state index in [1.807, 2.05) is 6.92 Å². The van der Waals surface area contributed by atoms with E-state index in [1.165, 1.54) is 7.11 Å². The predicted octanol–water partition coefficient (Wildman–Crippen LogP) is 2.22. The maximum Gasteiger partial charge on any atom is 0.341 e. The van der Waals surface area contributed by atoms with Gasteiger partial charge >= 0.3 is 5.97 Å². The monoisotopic (exact) mass is 206 g/mol. The Balaban J connectivity index is 3.27. The topological polar surface area (TPSA) is 46.5 Å². The highest BCUT2D eigenvalue weighted by Gasteiger charge is 2.15. The zero-order chi connectivity index (χ0) is 11.4. The SMILES string of the molecule is C=CCc1c(C)ccc(C(=O)OC)c1O. The summed E-state index contributed by atoms with van der Waals surface area (Å²) >= 11 is 0. The molecule has 3 nitrogen and oxygen atoms in total. The molecule has 1 N–H and O–H groups in total. The van der Waals surface area contributed by atoms with Crippen LogP contribution in [0.5, 0.6) is 5.75 Å². The van der Waals surface area contributed by atoms with Crippen LogP contribution in [0.1, 0.15) is 21.5 Å². The van der Waals surface area contributed by atoms with E-state index in [0.29, 0.717) is 12.0 Å². The van der Waals surface area contributed by atoms with Crippen LogP contribution in [0, 0.1) is 6.92 Å². The molecule has 0 heterocycles. The number of aryl methyl sites for hydroxylation is 1. The normalized spacial score (nSPS) is 9.73. The largest absolute Gasteiger partial charge is 0.507 e. The van der Waals surface area contributed by atoms with Gasteiger partial charge in [-0.1, -0.05) is 12.1 Å². The van der Waals surface area contributed by atoms with Gasteiger partial charge in [-0.15, -0.1) is 6.58 Å². The van der Waals surface area contributed by atoms with Crippen LogP contribution in [0.4, 0.5) is 0 Å². The van der Waals surface area contributed by atoms with Crippen LogP contribution in [0.25, 0.3) is 0 Å². The Labute approximate surface area is 89.0 Å². The molecular weight excluding hydrogens is 192 g/mol. The van der Waals surface area contributed by atoms with Crippen LogP contribution in [-0.4, -0.2) is 18.2 Å². The Morgan fingerprint density at radius 3 is 2.80 bits per heavy atom. The molecule has 1 aromatic carbocycles.